The molecule has 0 bridgehead atoms. The number of ether oxygens (including phenoxy) is 2. The summed E-state index contributed by atoms with van der Waals surface area (Å²) < 4.78 is 11.1. The highest BCUT2D eigenvalue weighted by Gasteiger charge is 2.20. The van der Waals surface area contributed by atoms with Gasteiger partial charge in [0.2, 0.25) is 0 Å². The number of unbranched alkanes of at least 4 members (excludes halogenated alkanes) is 1. The largest absolute Gasteiger partial charge is 0.495 e. The average molecular weight is 410 g/mol. The van der Waals surface area contributed by atoms with E-state index in [1.807, 2.05) is 18.2 Å². The Morgan fingerprint density at radius 1 is 1.25 bits per heavy atom. The summed E-state index contributed by atoms with van der Waals surface area (Å²) in [6, 6.07) is 5.49. The number of hydrogen-bond acceptors (Lipinski definition) is 6. The number of benzene rings is 1. The molecule has 9 heteroatoms. The van der Waals surface area contributed by atoms with Crippen LogP contribution >= 0.6 is 11.6 Å². The summed E-state index contributed by atoms with van der Waals surface area (Å²) in [5, 5.41) is 8.65. The molecule has 0 aromatic heterocycles. The molecule has 154 valence electrons. The quantitative estimate of drug-likeness (QED) is 0.667. The highest BCUT2D eigenvalue weighted by molar-refractivity contribution is 6.30. The van der Waals surface area contributed by atoms with Gasteiger partial charge >= 0.3 is 6.03 Å². The summed E-state index contributed by atoms with van der Waals surface area (Å²) in [5.74, 6) is 0.861. The molecule has 1 N–H and O–H groups in total. The Bertz CT molecular complexity index is 694. The number of piperazine rings is 1. The van der Waals surface area contributed by atoms with Gasteiger partial charge in [0.15, 0.2) is 6.23 Å². The number of hydrazone groups is 1. The van der Waals surface area contributed by atoms with Crippen molar-refractivity contribution in [1.29, 1.82) is 0 Å². The van der Waals surface area contributed by atoms with Gasteiger partial charge in [-0.3, -0.25) is 4.90 Å². The van der Waals surface area contributed by atoms with Crippen LogP contribution in [0.4, 0.5) is 10.5 Å². The van der Waals surface area contributed by atoms with Crippen molar-refractivity contribution in [1.82, 2.24) is 15.2 Å². The molecule has 0 saturated carbocycles. The summed E-state index contributed by atoms with van der Waals surface area (Å²) in [6.07, 6.45) is 3.17. The van der Waals surface area contributed by atoms with E-state index < -0.39 is 6.23 Å². The van der Waals surface area contributed by atoms with E-state index in [2.05, 4.69) is 20.2 Å². The van der Waals surface area contributed by atoms with Gasteiger partial charge < -0.3 is 19.7 Å². The van der Waals surface area contributed by atoms with Crippen LogP contribution in [0, 0.1) is 0 Å². The van der Waals surface area contributed by atoms with Crippen molar-refractivity contribution in [2.24, 2.45) is 5.10 Å². The zero-order chi connectivity index (χ0) is 19.9. The van der Waals surface area contributed by atoms with Crippen molar-refractivity contribution < 1.29 is 14.3 Å². The predicted molar refractivity (Wildman–Crippen MR) is 110 cm³/mol. The second-order valence-electron chi connectivity index (χ2n) is 6.88. The third kappa shape index (κ3) is 5.50. The number of hydrogen-bond donors (Lipinski definition) is 1. The fraction of sp³-hybridized carbons (Fsp3) is 0.579. The number of urea groups is 1. The third-order valence-electron chi connectivity index (χ3n) is 4.95. The van der Waals surface area contributed by atoms with E-state index in [0.29, 0.717) is 6.61 Å². The lowest BCUT2D eigenvalue weighted by molar-refractivity contribution is 0.0694. The van der Waals surface area contributed by atoms with Gasteiger partial charge in [0.05, 0.1) is 19.0 Å². The minimum atomic E-state index is -0.431. The molecule has 2 heterocycles. The molecule has 8 nitrogen and oxygen atoms in total. The molecule has 3 rings (SSSR count). The predicted octanol–water partition coefficient (Wildman–Crippen LogP) is 2.23. The zero-order valence-corrected chi connectivity index (χ0v) is 17.2. The standard InChI is InChI=1S/C19H28ClN5O3/c1-23-19(26)22-18(14-21-23)28-12-4-3-7-24-8-10-25(11-9-24)16-13-15(20)5-6-17(16)27-2/h5-6,13-14,18H,3-4,7-12H2,1-2H3,(H,22,26). The highest BCUT2D eigenvalue weighted by atomic mass is 35.5. The van der Waals surface area contributed by atoms with Crippen molar-refractivity contribution in [2.45, 2.75) is 19.1 Å². The van der Waals surface area contributed by atoms with E-state index in [9.17, 15) is 4.79 Å². The van der Waals surface area contributed by atoms with Gasteiger partial charge in [-0.2, -0.15) is 5.10 Å². The van der Waals surface area contributed by atoms with Crippen LogP contribution < -0.4 is 15.0 Å². The van der Waals surface area contributed by atoms with Gasteiger partial charge in [-0.05, 0) is 37.6 Å². The van der Waals surface area contributed by atoms with Crippen LogP contribution in [0.5, 0.6) is 5.75 Å². The number of methoxy groups -OCH3 is 1. The number of halogens is 1. The molecular weight excluding hydrogens is 382 g/mol. The smallest absolute Gasteiger partial charge is 0.339 e. The first kappa shape index (κ1) is 20.7. The van der Waals surface area contributed by atoms with Crippen LogP contribution in [-0.2, 0) is 4.74 Å². The Kier molecular flexibility index (Phi) is 7.36. The first-order valence-electron chi connectivity index (χ1n) is 9.57. The number of anilines is 1. The monoisotopic (exact) mass is 409 g/mol. The first-order valence-corrected chi connectivity index (χ1v) is 9.95. The fourth-order valence-electron chi connectivity index (χ4n) is 3.32. The number of carbonyl (C=O) groups excluding carboxylic acids is 1. The first-order chi connectivity index (χ1) is 13.6. The van der Waals surface area contributed by atoms with Crippen LogP contribution in [0.2, 0.25) is 5.02 Å². The van der Waals surface area contributed by atoms with Crippen molar-refractivity contribution in [2.75, 3.05) is 58.4 Å². The van der Waals surface area contributed by atoms with Gasteiger partial charge in [-0.15, -0.1) is 0 Å². The molecule has 1 atom stereocenters. The molecule has 0 spiro atoms. The normalized spacial score (nSPS) is 20.4. The fourth-order valence-corrected chi connectivity index (χ4v) is 3.49. The molecule has 2 amide bonds. The van der Waals surface area contributed by atoms with E-state index >= 15 is 0 Å². The molecule has 1 unspecified atom stereocenters. The number of amides is 2. The topological polar surface area (TPSA) is 69.6 Å². The van der Waals surface area contributed by atoms with Gasteiger partial charge in [0.25, 0.3) is 0 Å². The molecule has 0 radical (unpaired) electrons. The lowest BCUT2D eigenvalue weighted by Crippen LogP contribution is -2.47. The third-order valence-corrected chi connectivity index (χ3v) is 5.19. The molecule has 2 aliphatic rings. The lowest BCUT2D eigenvalue weighted by Gasteiger charge is -2.36. The second-order valence-corrected chi connectivity index (χ2v) is 7.32. The zero-order valence-electron chi connectivity index (χ0n) is 16.4. The number of nitrogens with zero attached hydrogens (tertiary/aromatic N) is 4. The number of rotatable bonds is 8. The summed E-state index contributed by atoms with van der Waals surface area (Å²) in [7, 11) is 3.29. The molecule has 2 aliphatic heterocycles. The van der Waals surface area contributed by atoms with E-state index in [-0.39, 0.29) is 6.03 Å². The van der Waals surface area contributed by atoms with Crippen LogP contribution in [-0.4, -0.2) is 81.9 Å². The number of nitrogens with one attached hydrogen (secondary N) is 1. The van der Waals surface area contributed by atoms with Gasteiger partial charge in [-0.1, -0.05) is 11.6 Å². The van der Waals surface area contributed by atoms with E-state index in [0.717, 1.165) is 62.0 Å². The molecule has 1 aromatic rings. The minimum absolute atomic E-state index is 0.248. The van der Waals surface area contributed by atoms with Gasteiger partial charge in [0.1, 0.15) is 5.75 Å². The van der Waals surface area contributed by atoms with Crippen LogP contribution in [0.15, 0.2) is 23.3 Å². The SMILES string of the molecule is COc1ccc(Cl)cc1N1CCN(CCCCOC2C=NN(C)C(=O)N2)CC1. The summed E-state index contributed by atoms with van der Waals surface area (Å²) in [6.45, 7) is 5.55. The molecule has 0 aliphatic carbocycles. The lowest BCUT2D eigenvalue weighted by atomic mass is 10.2. The maximum atomic E-state index is 11.5. The van der Waals surface area contributed by atoms with E-state index in [4.69, 9.17) is 21.1 Å². The van der Waals surface area contributed by atoms with Gasteiger partial charge in [0, 0.05) is 44.9 Å². The second kappa shape index (κ2) is 9.95. The Labute approximate surface area is 171 Å². The molecule has 1 fully saturated rings. The Balaban J connectivity index is 1.34. The van der Waals surface area contributed by atoms with Crippen LogP contribution in [0.25, 0.3) is 0 Å². The Morgan fingerprint density at radius 2 is 2.04 bits per heavy atom. The molecular formula is C19H28ClN5O3. The molecule has 1 saturated heterocycles. The average Bonchev–Trinajstić information content (AvgIpc) is 2.71. The summed E-state index contributed by atoms with van der Waals surface area (Å²) >= 11 is 6.15. The maximum Gasteiger partial charge on any atom is 0.339 e. The highest BCUT2D eigenvalue weighted by Crippen LogP contribution is 2.31. The van der Waals surface area contributed by atoms with Gasteiger partial charge in [-0.25, -0.2) is 9.80 Å². The minimum Gasteiger partial charge on any atom is -0.495 e. The maximum absolute atomic E-state index is 11.5. The molecule has 28 heavy (non-hydrogen) atoms. The number of carbonyl (C=O) groups is 1. The van der Waals surface area contributed by atoms with Crippen molar-refractivity contribution in [3.05, 3.63) is 23.2 Å². The van der Waals surface area contributed by atoms with Crippen LogP contribution in [0.1, 0.15) is 12.8 Å². The molecule has 1 aromatic carbocycles. The summed E-state index contributed by atoms with van der Waals surface area (Å²) in [5.41, 5.74) is 1.06. The van der Waals surface area contributed by atoms with Crippen molar-refractivity contribution >= 4 is 29.5 Å². The van der Waals surface area contributed by atoms with E-state index in [1.165, 1.54) is 5.01 Å². The van der Waals surface area contributed by atoms with Crippen molar-refractivity contribution in [3.8, 4) is 5.75 Å². The summed E-state index contributed by atoms with van der Waals surface area (Å²) in [4.78, 5) is 16.3. The van der Waals surface area contributed by atoms with Crippen LogP contribution in [0.3, 0.4) is 0 Å². The van der Waals surface area contributed by atoms with Crippen molar-refractivity contribution in [3.63, 3.8) is 0 Å². The Hall–Kier alpha value is -2.03. The van der Waals surface area contributed by atoms with E-state index in [1.54, 1.807) is 20.4 Å². The Morgan fingerprint density at radius 3 is 2.75 bits per heavy atom.